The first-order valence-corrected chi connectivity index (χ1v) is 15.1. The van der Waals surface area contributed by atoms with Gasteiger partial charge in [0.15, 0.2) is 11.3 Å². The summed E-state index contributed by atoms with van der Waals surface area (Å²) >= 11 is 0. The molecule has 176 valence electrons. The molecule has 0 fully saturated rings. The van der Waals surface area contributed by atoms with Crippen LogP contribution in [0.1, 0.15) is 22.8 Å². The highest BCUT2D eigenvalue weighted by Gasteiger charge is 2.53. The minimum atomic E-state index is -2.00. The first-order valence-electron chi connectivity index (χ1n) is 11.6. The number of carbonyl (C=O) groups excluding carboxylic acids is 3. The molecule has 5 nitrogen and oxygen atoms in total. The standard InChI is InChI=1S/C28H31NO4Si/c1-19-22-17-28(27(32)33-2,16-20-12-8-6-9-13-20)29(26(31)21-14-10-7-11-15-21)18-23(22)25(24(19)30)34(3,4)5/h6-15,17,19H,16,18H2,1-5H3/t19?,28-/m0/s1. The van der Waals surface area contributed by atoms with Crippen molar-refractivity contribution in [2.45, 2.75) is 38.5 Å². The molecule has 6 heteroatoms. The summed E-state index contributed by atoms with van der Waals surface area (Å²) in [5, 5.41) is 0.871. The number of Topliss-reactive ketones (excluding diaryl/α,β-unsaturated/α-hetero) is 1. The van der Waals surface area contributed by atoms with Crippen LogP contribution in [0.15, 0.2) is 83.1 Å². The summed E-state index contributed by atoms with van der Waals surface area (Å²) in [5.74, 6) is -0.988. The monoisotopic (exact) mass is 473 g/mol. The topological polar surface area (TPSA) is 63.7 Å². The van der Waals surface area contributed by atoms with E-state index in [4.69, 9.17) is 4.74 Å². The van der Waals surface area contributed by atoms with Gasteiger partial charge in [-0.2, -0.15) is 0 Å². The Hall–Kier alpha value is -3.25. The van der Waals surface area contributed by atoms with Crippen LogP contribution in [0.25, 0.3) is 0 Å². The van der Waals surface area contributed by atoms with Gasteiger partial charge < -0.3 is 9.64 Å². The van der Waals surface area contributed by atoms with Crippen LogP contribution in [0.5, 0.6) is 0 Å². The number of amides is 1. The van der Waals surface area contributed by atoms with Crippen LogP contribution in [-0.2, 0) is 20.7 Å². The minimum absolute atomic E-state index is 0.118. The van der Waals surface area contributed by atoms with Crippen LogP contribution >= 0.6 is 0 Å². The number of methoxy groups -OCH3 is 1. The number of hydrogen-bond donors (Lipinski definition) is 0. The quantitative estimate of drug-likeness (QED) is 0.470. The molecular weight excluding hydrogens is 442 g/mol. The predicted molar refractivity (Wildman–Crippen MR) is 135 cm³/mol. The number of allylic oxidation sites excluding steroid dienone is 1. The third-order valence-corrected chi connectivity index (χ3v) is 8.87. The van der Waals surface area contributed by atoms with Crippen LogP contribution in [-0.4, -0.2) is 49.8 Å². The molecule has 1 aliphatic carbocycles. The van der Waals surface area contributed by atoms with Gasteiger partial charge in [0.25, 0.3) is 5.91 Å². The number of rotatable bonds is 5. The molecule has 4 rings (SSSR count). The Balaban J connectivity index is 1.98. The summed E-state index contributed by atoms with van der Waals surface area (Å²) in [4.78, 5) is 42.5. The van der Waals surface area contributed by atoms with Crippen LogP contribution in [0.4, 0.5) is 0 Å². The van der Waals surface area contributed by atoms with Gasteiger partial charge in [-0.3, -0.25) is 9.59 Å². The molecule has 1 aliphatic heterocycles. The molecule has 0 aromatic heterocycles. The van der Waals surface area contributed by atoms with Gasteiger partial charge in [0, 0.05) is 24.4 Å². The van der Waals surface area contributed by atoms with Gasteiger partial charge in [0.1, 0.15) is 0 Å². The van der Waals surface area contributed by atoms with E-state index in [0.29, 0.717) is 5.56 Å². The SMILES string of the molecule is COC(=O)[C@]1(Cc2ccccc2)C=C2C(=C([Si](C)(C)C)C(=O)C2C)CN1C(=O)c1ccccc1. The molecule has 0 N–H and O–H groups in total. The highest BCUT2D eigenvalue weighted by molar-refractivity contribution is 6.87. The average molecular weight is 474 g/mol. The molecule has 2 atom stereocenters. The summed E-state index contributed by atoms with van der Waals surface area (Å²) in [7, 11) is -0.654. The van der Waals surface area contributed by atoms with E-state index < -0.39 is 19.6 Å². The van der Waals surface area contributed by atoms with Crippen LogP contribution in [0.3, 0.4) is 0 Å². The number of carbonyl (C=O) groups is 3. The highest BCUT2D eigenvalue weighted by atomic mass is 28.3. The lowest BCUT2D eigenvalue weighted by Crippen LogP contribution is -2.60. The molecule has 1 unspecified atom stereocenters. The van der Waals surface area contributed by atoms with Crippen molar-refractivity contribution in [3.63, 3.8) is 0 Å². The number of fused-ring (bicyclic) bond motifs is 1. The first kappa shape index (κ1) is 23.9. The van der Waals surface area contributed by atoms with Crippen molar-refractivity contribution in [3.05, 3.63) is 94.2 Å². The van der Waals surface area contributed by atoms with Crippen molar-refractivity contribution in [1.29, 1.82) is 0 Å². The molecule has 0 spiro atoms. The van der Waals surface area contributed by atoms with E-state index in [-0.39, 0.29) is 30.6 Å². The summed E-state index contributed by atoms with van der Waals surface area (Å²) in [6.07, 6.45) is 2.11. The lowest BCUT2D eigenvalue weighted by atomic mass is 9.80. The van der Waals surface area contributed by atoms with E-state index in [2.05, 4.69) is 19.6 Å². The van der Waals surface area contributed by atoms with Crippen molar-refractivity contribution in [1.82, 2.24) is 4.90 Å². The first-order chi connectivity index (χ1) is 16.1. The van der Waals surface area contributed by atoms with E-state index in [1.165, 1.54) is 7.11 Å². The lowest BCUT2D eigenvalue weighted by molar-refractivity contribution is -0.150. The zero-order valence-electron chi connectivity index (χ0n) is 20.4. The second-order valence-corrected chi connectivity index (χ2v) is 15.1. The number of hydrogen-bond acceptors (Lipinski definition) is 4. The number of ketones is 1. The van der Waals surface area contributed by atoms with Gasteiger partial charge in [-0.15, -0.1) is 0 Å². The van der Waals surface area contributed by atoms with Gasteiger partial charge in [0.2, 0.25) is 0 Å². The molecule has 0 radical (unpaired) electrons. The van der Waals surface area contributed by atoms with E-state index in [9.17, 15) is 14.4 Å². The van der Waals surface area contributed by atoms with Gasteiger partial charge in [-0.05, 0) is 40.1 Å². The van der Waals surface area contributed by atoms with Crippen molar-refractivity contribution < 1.29 is 19.1 Å². The largest absolute Gasteiger partial charge is 0.467 e. The molecule has 34 heavy (non-hydrogen) atoms. The van der Waals surface area contributed by atoms with Gasteiger partial charge in [-0.1, -0.05) is 75.1 Å². The lowest BCUT2D eigenvalue weighted by Gasteiger charge is -2.44. The zero-order chi connectivity index (χ0) is 24.7. The van der Waals surface area contributed by atoms with Gasteiger partial charge in [0.05, 0.1) is 15.2 Å². The number of benzene rings is 2. The molecule has 2 aromatic carbocycles. The summed E-state index contributed by atoms with van der Waals surface area (Å²) in [6.45, 7) is 8.56. The van der Waals surface area contributed by atoms with E-state index in [1.54, 1.807) is 17.0 Å². The number of esters is 1. The number of nitrogens with zero attached hydrogens (tertiary/aromatic N) is 1. The van der Waals surface area contributed by atoms with Crippen molar-refractivity contribution in [3.8, 4) is 0 Å². The van der Waals surface area contributed by atoms with E-state index in [1.807, 2.05) is 61.5 Å². The van der Waals surface area contributed by atoms with Crippen LogP contribution < -0.4 is 0 Å². The zero-order valence-corrected chi connectivity index (χ0v) is 21.4. The maximum atomic E-state index is 13.9. The fourth-order valence-corrected chi connectivity index (χ4v) is 7.30. The molecule has 2 aliphatic rings. The Labute approximate surface area is 202 Å². The fourth-order valence-electron chi connectivity index (χ4n) is 5.21. The van der Waals surface area contributed by atoms with Crippen LogP contribution in [0, 0.1) is 5.92 Å². The van der Waals surface area contributed by atoms with Crippen LogP contribution in [0.2, 0.25) is 19.6 Å². The predicted octanol–water partition coefficient (Wildman–Crippen LogP) is 4.62. The number of ether oxygens (including phenoxy) is 1. The summed E-state index contributed by atoms with van der Waals surface area (Å²) < 4.78 is 5.32. The second kappa shape index (κ2) is 8.84. The van der Waals surface area contributed by atoms with E-state index in [0.717, 1.165) is 21.9 Å². The molecular formula is C28H31NO4Si. The van der Waals surface area contributed by atoms with Gasteiger partial charge >= 0.3 is 5.97 Å². The van der Waals surface area contributed by atoms with E-state index >= 15 is 0 Å². The maximum absolute atomic E-state index is 13.9. The van der Waals surface area contributed by atoms with Crippen molar-refractivity contribution >= 4 is 25.7 Å². The molecule has 0 saturated carbocycles. The van der Waals surface area contributed by atoms with Crippen molar-refractivity contribution in [2.75, 3.05) is 13.7 Å². The third-order valence-electron chi connectivity index (χ3n) is 6.82. The summed E-state index contributed by atoms with van der Waals surface area (Å²) in [6, 6.07) is 18.6. The fraction of sp³-hybridized carbons (Fsp3) is 0.321. The smallest absolute Gasteiger partial charge is 0.336 e. The summed E-state index contributed by atoms with van der Waals surface area (Å²) in [5.41, 5.74) is 1.82. The molecule has 1 amide bonds. The maximum Gasteiger partial charge on any atom is 0.336 e. The normalized spacial score (nSPS) is 22.4. The Morgan fingerprint density at radius 3 is 2.18 bits per heavy atom. The van der Waals surface area contributed by atoms with Gasteiger partial charge in [-0.25, -0.2) is 4.79 Å². The Morgan fingerprint density at radius 1 is 1.03 bits per heavy atom. The second-order valence-electron chi connectivity index (χ2n) is 10.1. The molecule has 0 saturated heterocycles. The third kappa shape index (κ3) is 3.96. The molecule has 0 bridgehead atoms. The Bertz CT molecular complexity index is 1190. The minimum Gasteiger partial charge on any atom is -0.467 e. The average Bonchev–Trinajstić information content (AvgIpc) is 3.08. The Morgan fingerprint density at radius 2 is 1.62 bits per heavy atom. The molecule has 2 aromatic rings. The highest BCUT2D eigenvalue weighted by Crippen LogP contribution is 2.45. The van der Waals surface area contributed by atoms with Crippen molar-refractivity contribution in [2.24, 2.45) is 5.92 Å². The molecule has 1 heterocycles. The Kier molecular flexibility index (Phi) is 6.21.